The third-order valence-corrected chi connectivity index (χ3v) is 7.27. The molecule has 11 heteroatoms. The van der Waals surface area contributed by atoms with Crippen LogP contribution in [0.4, 0.5) is 10.5 Å². The zero-order valence-corrected chi connectivity index (χ0v) is 18.5. The molecule has 1 atom stereocenters. The minimum atomic E-state index is -3.64. The van der Waals surface area contributed by atoms with Crippen LogP contribution < -0.4 is 10.5 Å². The summed E-state index contributed by atoms with van der Waals surface area (Å²) in [5.74, 6) is 0. The van der Waals surface area contributed by atoms with Crippen molar-refractivity contribution in [1.29, 1.82) is 0 Å². The van der Waals surface area contributed by atoms with Crippen molar-refractivity contribution < 1.29 is 19.2 Å². The van der Waals surface area contributed by atoms with Crippen LogP contribution in [-0.2, 0) is 47.7 Å². The number of rotatable bonds is 5. The standard InChI is InChI=1S/C20H28N6O4S/c1-20(2)7-6-14-17(13-4-3-5-15(13)22-18(14)20)23-19(29)25-31(21,30)16-10-12(11-28)26(24-16)8-9-27/h10,27-28H,3-9,11H2,1-2H3,(H3,21,22,23,25,29,30). The Morgan fingerprint density at radius 3 is 2.81 bits per heavy atom. The first-order chi connectivity index (χ1) is 14.7. The van der Waals surface area contributed by atoms with Gasteiger partial charge in [-0.3, -0.25) is 9.67 Å². The van der Waals surface area contributed by atoms with Crippen LogP contribution in [0.25, 0.3) is 0 Å². The quantitative estimate of drug-likeness (QED) is 0.542. The maximum absolute atomic E-state index is 13.0. The third kappa shape index (κ3) is 3.98. The van der Waals surface area contributed by atoms with Crippen molar-refractivity contribution in [3.05, 3.63) is 34.3 Å². The van der Waals surface area contributed by atoms with Crippen LogP contribution in [0.3, 0.4) is 0 Å². The highest BCUT2D eigenvalue weighted by molar-refractivity contribution is 7.91. The zero-order chi connectivity index (χ0) is 22.4. The number of amides is 2. The second-order valence-corrected chi connectivity index (χ2v) is 10.4. The Labute approximate surface area is 181 Å². The molecule has 31 heavy (non-hydrogen) atoms. The lowest BCUT2D eigenvalue weighted by atomic mass is 9.90. The number of nitrogens with zero attached hydrogens (tertiary/aromatic N) is 4. The van der Waals surface area contributed by atoms with Crippen LogP contribution in [0, 0.1) is 0 Å². The lowest BCUT2D eigenvalue weighted by Gasteiger charge is -2.20. The van der Waals surface area contributed by atoms with Crippen molar-refractivity contribution in [3.63, 3.8) is 0 Å². The fraction of sp³-hybridized carbons (Fsp3) is 0.550. The van der Waals surface area contributed by atoms with Gasteiger partial charge in [0.25, 0.3) is 0 Å². The van der Waals surface area contributed by atoms with Gasteiger partial charge in [0, 0.05) is 17.2 Å². The third-order valence-electron chi connectivity index (χ3n) is 6.03. The summed E-state index contributed by atoms with van der Waals surface area (Å²) >= 11 is 0. The molecule has 0 saturated carbocycles. The molecule has 2 amide bonds. The van der Waals surface area contributed by atoms with Crippen molar-refractivity contribution in [3.8, 4) is 0 Å². The van der Waals surface area contributed by atoms with Crippen LogP contribution in [0.1, 0.15) is 54.9 Å². The van der Waals surface area contributed by atoms with Crippen LogP contribution in [0.2, 0.25) is 0 Å². The van der Waals surface area contributed by atoms with Gasteiger partial charge in [-0.1, -0.05) is 13.8 Å². The summed E-state index contributed by atoms with van der Waals surface area (Å²) in [7, 11) is -3.64. The average molecular weight is 449 g/mol. The van der Waals surface area contributed by atoms with Gasteiger partial charge < -0.3 is 15.5 Å². The highest BCUT2D eigenvalue weighted by Crippen LogP contribution is 2.44. The molecule has 0 aliphatic heterocycles. The number of aryl methyl sites for hydroxylation is 1. The number of nitrogens with one attached hydrogen (secondary N) is 1. The van der Waals surface area contributed by atoms with E-state index in [2.05, 4.69) is 28.6 Å². The largest absolute Gasteiger partial charge is 0.394 e. The molecule has 0 radical (unpaired) electrons. The Kier molecular flexibility index (Phi) is 5.63. The number of fused-ring (bicyclic) bond motifs is 2. The van der Waals surface area contributed by atoms with E-state index in [-0.39, 0.29) is 30.2 Å². The SMILES string of the molecule is CC1(C)CCc2c1nc1c(c2NC(=O)N=S(N)(=O)c2cc(CO)n(CCO)n2)CCC1. The molecule has 0 fully saturated rings. The van der Waals surface area contributed by atoms with Crippen molar-refractivity contribution >= 4 is 21.6 Å². The molecule has 10 nitrogen and oxygen atoms in total. The summed E-state index contributed by atoms with van der Waals surface area (Å²) in [5.41, 5.74) is 5.05. The molecule has 2 heterocycles. The Bertz CT molecular complexity index is 1160. The summed E-state index contributed by atoms with van der Waals surface area (Å²) in [6, 6.07) is 0.529. The van der Waals surface area contributed by atoms with Gasteiger partial charge in [-0.25, -0.2) is 14.1 Å². The van der Waals surface area contributed by atoms with Crippen molar-refractivity contribution in [1.82, 2.24) is 14.8 Å². The number of nitrogens with two attached hydrogens (primary N) is 1. The number of urea groups is 1. The lowest BCUT2D eigenvalue weighted by molar-refractivity contribution is 0.243. The summed E-state index contributed by atoms with van der Waals surface area (Å²) in [6.45, 7) is 3.81. The molecule has 0 bridgehead atoms. The van der Waals surface area contributed by atoms with Gasteiger partial charge in [-0.2, -0.15) is 5.10 Å². The van der Waals surface area contributed by atoms with E-state index in [0.29, 0.717) is 5.69 Å². The predicted molar refractivity (Wildman–Crippen MR) is 115 cm³/mol. The Hall–Kier alpha value is -2.34. The number of aliphatic hydroxyl groups excluding tert-OH is 2. The normalized spacial score (nSPS) is 18.4. The Balaban J connectivity index is 1.68. The summed E-state index contributed by atoms with van der Waals surface area (Å²) in [5, 5.41) is 31.2. The van der Waals surface area contributed by atoms with E-state index in [1.807, 2.05) is 0 Å². The molecule has 0 saturated heterocycles. The molecular formula is C20H28N6O4S. The number of hydrogen-bond donors (Lipinski definition) is 4. The zero-order valence-electron chi connectivity index (χ0n) is 17.7. The number of carbonyl (C=O) groups excluding carboxylic acids is 1. The maximum atomic E-state index is 13.0. The van der Waals surface area contributed by atoms with Gasteiger partial charge in [-0.05, 0) is 43.2 Å². The summed E-state index contributed by atoms with van der Waals surface area (Å²) in [6.07, 6.45) is 4.43. The van der Waals surface area contributed by atoms with Gasteiger partial charge in [-0.15, -0.1) is 4.36 Å². The second-order valence-electron chi connectivity index (χ2n) is 8.65. The molecule has 2 aliphatic rings. The van der Waals surface area contributed by atoms with Gasteiger partial charge in [0.15, 0.2) is 14.9 Å². The molecule has 2 aromatic heterocycles. The molecule has 168 valence electrons. The number of pyridine rings is 1. The van der Waals surface area contributed by atoms with E-state index >= 15 is 0 Å². The summed E-state index contributed by atoms with van der Waals surface area (Å²) < 4.78 is 18.0. The molecule has 2 aromatic rings. The van der Waals surface area contributed by atoms with E-state index in [1.165, 1.54) is 10.7 Å². The number of aromatic nitrogens is 3. The van der Waals surface area contributed by atoms with Crippen LogP contribution in [0.5, 0.6) is 0 Å². The van der Waals surface area contributed by atoms with Crippen LogP contribution in [-0.4, -0.2) is 41.8 Å². The van der Waals surface area contributed by atoms with E-state index in [4.69, 9.17) is 15.2 Å². The molecule has 4 rings (SSSR count). The Morgan fingerprint density at radius 1 is 1.32 bits per heavy atom. The fourth-order valence-corrected chi connectivity index (χ4v) is 5.33. The van der Waals surface area contributed by atoms with Gasteiger partial charge >= 0.3 is 6.03 Å². The highest BCUT2D eigenvalue weighted by Gasteiger charge is 2.36. The number of anilines is 1. The Morgan fingerprint density at radius 2 is 2.10 bits per heavy atom. The van der Waals surface area contributed by atoms with E-state index < -0.39 is 15.9 Å². The smallest absolute Gasteiger partial charge is 0.354 e. The molecular weight excluding hydrogens is 420 g/mol. The van der Waals surface area contributed by atoms with Crippen molar-refractivity contribution in [2.45, 2.75) is 69.5 Å². The van der Waals surface area contributed by atoms with Crippen molar-refractivity contribution in [2.75, 3.05) is 11.9 Å². The molecule has 2 aliphatic carbocycles. The number of hydrogen-bond acceptors (Lipinski definition) is 6. The van der Waals surface area contributed by atoms with Gasteiger partial charge in [0.2, 0.25) is 0 Å². The molecule has 0 aromatic carbocycles. The molecule has 0 spiro atoms. The second kappa shape index (κ2) is 7.97. The summed E-state index contributed by atoms with van der Waals surface area (Å²) in [4.78, 5) is 17.7. The maximum Gasteiger partial charge on any atom is 0.354 e. The fourth-order valence-electron chi connectivity index (χ4n) is 4.42. The average Bonchev–Trinajstić information content (AvgIpc) is 3.39. The number of carbonyl (C=O) groups is 1. The minimum Gasteiger partial charge on any atom is -0.394 e. The first-order valence-electron chi connectivity index (χ1n) is 10.4. The first kappa shape index (κ1) is 21.9. The van der Waals surface area contributed by atoms with Gasteiger partial charge in [0.05, 0.1) is 36.8 Å². The highest BCUT2D eigenvalue weighted by atomic mass is 32.2. The molecule has 5 N–H and O–H groups in total. The van der Waals surface area contributed by atoms with E-state index in [9.17, 15) is 14.1 Å². The minimum absolute atomic E-state index is 0.0643. The van der Waals surface area contributed by atoms with Crippen LogP contribution in [0.15, 0.2) is 15.5 Å². The van der Waals surface area contributed by atoms with Gasteiger partial charge in [0.1, 0.15) is 0 Å². The lowest BCUT2D eigenvalue weighted by Crippen LogP contribution is -2.20. The van der Waals surface area contributed by atoms with E-state index in [0.717, 1.165) is 60.3 Å². The topological polar surface area (TPSA) is 156 Å². The van der Waals surface area contributed by atoms with Crippen LogP contribution >= 0.6 is 0 Å². The molecule has 1 unspecified atom stereocenters. The number of aliphatic hydroxyl groups is 2. The monoisotopic (exact) mass is 448 g/mol. The predicted octanol–water partition coefficient (Wildman–Crippen LogP) is 1.41. The first-order valence-corrected chi connectivity index (χ1v) is 11.9. The van der Waals surface area contributed by atoms with E-state index in [1.54, 1.807) is 0 Å². The van der Waals surface area contributed by atoms with Crippen molar-refractivity contribution in [2.24, 2.45) is 9.50 Å².